The van der Waals surface area contributed by atoms with Crippen molar-refractivity contribution < 1.29 is 9.13 Å². The van der Waals surface area contributed by atoms with Crippen LogP contribution in [0.2, 0.25) is 0 Å². The molecule has 1 atom stereocenters. The molecular weight excluding hydrogens is 229 g/mol. The van der Waals surface area contributed by atoms with E-state index >= 15 is 0 Å². The van der Waals surface area contributed by atoms with E-state index in [1.54, 1.807) is 12.1 Å². The molecule has 2 rings (SSSR count). The largest absolute Gasteiger partial charge is 0.380 e. The quantitative estimate of drug-likeness (QED) is 0.717. The molecule has 1 saturated carbocycles. The minimum atomic E-state index is -0.160. The second-order valence-electron chi connectivity index (χ2n) is 5.21. The van der Waals surface area contributed by atoms with Crippen LogP contribution in [0.4, 0.5) is 4.39 Å². The Labute approximate surface area is 109 Å². The fourth-order valence-corrected chi connectivity index (χ4v) is 2.00. The van der Waals surface area contributed by atoms with E-state index in [4.69, 9.17) is 4.74 Å². The number of rotatable bonds is 8. The van der Waals surface area contributed by atoms with Gasteiger partial charge in [0.25, 0.3) is 0 Å². The summed E-state index contributed by atoms with van der Waals surface area (Å²) in [5.41, 5.74) is 1.04. The van der Waals surface area contributed by atoms with Crippen molar-refractivity contribution in [1.29, 1.82) is 0 Å². The Hall–Kier alpha value is -0.930. The van der Waals surface area contributed by atoms with Crippen LogP contribution in [0.25, 0.3) is 0 Å². The van der Waals surface area contributed by atoms with Crippen molar-refractivity contribution in [2.75, 3.05) is 19.8 Å². The molecule has 1 aromatic rings. The molecule has 1 aliphatic rings. The lowest BCUT2D eigenvalue weighted by Gasteiger charge is -2.14. The lowest BCUT2D eigenvalue weighted by atomic mass is 10.1. The predicted molar refractivity (Wildman–Crippen MR) is 71.1 cm³/mol. The highest BCUT2D eigenvalue weighted by molar-refractivity contribution is 5.17. The Balaban J connectivity index is 1.57. The van der Waals surface area contributed by atoms with Gasteiger partial charge in [-0.2, -0.15) is 0 Å². The third kappa shape index (κ3) is 5.15. The predicted octanol–water partition coefficient (Wildman–Crippen LogP) is 2.77. The second-order valence-corrected chi connectivity index (χ2v) is 5.21. The number of nitrogens with one attached hydrogen (secondary N) is 1. The molecule has 3 heteroatoms. The Morgan fingerprint density at radius 2 is 2.28 bits per heavy atom. The summed E-state index contributed by atoms with van der Waals surface area (Å²) in [6.45, 7) is 4.67. The van der Waals surface area contributed by atoms with Gasteiger partial charge in [0.2, 0.25) is 0 Å². The molecule has 0 aliphatic heterocycles. The lowest BCUT2D eigenvalue weighted by Crippen LogP contribution is -2.31. The summed E-state index contributed by atoms with van der Waals surface area (Å²) in [5, 5.41) is 3.40. The third-order valence-corrected chi connectivity index (χ3v) is 3.22. The zero-order chi connectivity index (χ0) is 12.8. The Morgan fingerprint density at radius 1 is 1.44 bits per heavy atom. The Bertz CT molecular complexity index is 365. The van der Waals surface area contributed by atoms with E-state index in [0.29, 0.717) is 6.04 Å². The van der Waals surface area contributed by atoms with Crippen LogP contribution in [-0.2, 0) is 11.2 Å². The number of halogens is 1. The minimum Gasteiger partial charge on any atom is -0.380 e. The van der Waals surface area contributed by atoms with E-state index < -0.39 is 0 Å². The highest BCUT2D eigenvalue weighted by Crippen LogP contribution is 2.28. The van der Waals surface area contributed by atoms with Crippen LogP contribution in [0, 0.1) is 11.7 Å². The fourth-order valence-electron chi connectivity index (χ4n) is 2.00. The van der Waals surface area contributed by atoms with Gasteiger partial charge in [-0.3, -0.25) is 0 Å². The molecule has 0 aromatic heterocycles. The summed E-state index contributed by atoms with van der Waals surface area (Å²) >= 11 is 0. The van der Waals surface area contributed by atoms with E-state index in [2.05, 4.69) is 12.2 Å². The molecule has 100 valence electrons. The van der Waals surface area contributed by atoms with Crippen molar-refractivity contribution in [3.8, 4) is 0 Å². The molecular formula is C15H22FNO. The zero-order valence-electron chi connectivity index (χ0n) is 11.0. The van der Waals surface area contributed by atoms with E-state index in [9.17, 15) is 4.39 Å². The monoisotopic (exact) mass is 251 g/mol. The van der Waals surface area contributed by atoms with Crippen LogP contribution in [0.5, 0.6) is 0 Å². The molecule has 0 radical (unpaired) electrons. The van der Waals surface area contributed by atoms with Gasteiger partial charge in [-0.25, -0.2) is 4.39 Å². The molecule has 1 N–H and O–H groups in total. The van der Waals surface area contributed by atoms with Crippen molar-refractivity contribution in [2.45, 2.75) is 32.2 Å². The maximum absolute atomic E-state index is 13.0. The molecule has 0 saturated heterocycles. The molecule has 1 aromatic carbocycles. The van der Waals surface area contributed by atoms with Gasteiger partial charge in [-0.15, -0.1) is 0 Å². The summed E-state index contributed by atoms with van der Waals surface area (Å²) in [4.78, 5) is 0. The van der Waals surface area contributed by atoms with Crippen LogP contribution >= 0.6 is 0 Å². The minimum absolute atomic E-state index is 0.160. The third-order valence-electron chi connectivity index (χ3n) is 3.22. The van der Waals surface area contributed by atoms with Crippen LogP contribution in [-0.4, -0.2) is 25.8 Å². The average molecular weight is 251 g/mol. The normalized spacial score (nSPS) is 16.8. The Morgan fingerprint density at radius 3 is 3.00 bits per heavy atom. The van der Waals surface area contributed by atoms with Crippen LogP contribution in [0.1, 0.15) is 25.3 Å². The maximum atomic E-state index is 13.0. The summed E-state index contributed by atoms with van der Waals surface area (Å²) < 4.78 is 18.6. The SMILES string of the molecule is CC(Cc1cccc(F)c1)NCCOCC1CC1. The van der Waals surface area contributed by atoms with E-state index in [1.807, 2.05) is 6.07 Å². The van der Waals surface area contributed by atoms with E-state index in [-0.39, 0.29) is 5.82 Å². The van der Waals surface area contributed by atoms with Gasteiger partial charge in [0.1, 0.15) is 5.82 Å². The first-order valence-corrected chi connectivity index (χ1v) is 6.79. The molecule has 0 heterocycles. The number of hydrogen-bond donors (Lipinski definition) is 1. The number of hydrogen-bond acceptors (Lipinski definition) is 2. The van der Waals surface area contributed by atoms with Gasteiger partial charge >= 0.3 is 0 Å². The molecule has 1 aliphatic carbocycles. The zero-order valence-corrected chi connectivity index (χ0v) is 11.0. The van der Waals surface area contributed by atoms with Gasteiger partial charge < -0.3 is 10.1 Å². The van der Waals surface area contributed by atoms with Crippen molar-refractivity contribution in [1.82, 2.24) is 5.32 Å². The van der Waals surface area contributed by atoms with Crippen molar-refractivity contribution in [2.24, 2.45) is 5.92 Å². The average Bonchev–Trinajstić information content (AvgIpc) is 3.12. The van der Waals surface area contributed by atoms with Gasteiger partial charge in [0.05, 0.1) is 6.61 Å². The first kappa shape index (κ1) is 13.5. The molecule has 0 bridgehead atoms. The molecule has 0 spiro atoms. The van der Waals surface area contributed by atoms with E-state index in [0.717, 1.165) is 37.7 Å². The topological polar surface area (TPSA) is 21.3 Å². The van der Waals surface area contributed by atoms with Crippen LogP contribution in [0.3, 0.4) is 0 Å². The van der Waals surface area contributed by atoms with Gasteiger partial charge in [-0.05, 0) is 49.8 Å². The Kier molecular flexibility index (Phi) is 5.14. The number of ether oxygens (including phenoxy) is 1. The summed E-state index contributed by atoms with van der Waals surface area (Å²) in [7, 11) is 0. The maximum Gasteiger partial charge on any atom is 0.123 e. The summed E-state index contributed by atoms with van der Waals surface area (Å²) in [6.07, 6.45) is 3.52. The van der Waals surface area contributed by atoms with Crippen molar-refractivity contribution >= 4 is 0 Å². The van der Waals surface area contributed by atoms with Crippen LogP contribution in [0.15, 0.2) is 24.3 Å². The first-order valence-electron chi connectivity index (χ1n) is 6.79. The van der Waals surface area contributed by atoms with Crippen LogP contribution < -0.4 is 5.32 Å². The van der Waals surface area contributed by atoms with E-state index in [1.165, 1.54) is 18.9 Å². The van der Waals surface area contributed by atoms with Gasteiger partial charge in [-0.1, -0.05) is 12.1 Å². The smallest absolute Gasteiger partial charge is 0.123 e. The first-order chi connectivity index (χ1) is 8.74. The summed E-state index contributed by atoms with van der Waals surface area (Å²) in [6, 6.07) is 7.15. The molecule has 0 amide bonds. The number of benzene rings is 1. The van der Waals surface area contributed by atoms with Crippen molar-refractivity contribution in [3.05, 3.63) is 35.6 Å². The molecule has 2 nitrogen and oxygen atoms in total. The molecule has 18 heavy (non-hydrogen) atoms. The molecule has 1 unspecified atom stereocenters. The fraction of sp³-hybridized carbons (Fsp3) is 0.600. The summed E-state index contributed by atoms with van der Waals surface area (Å²) in [5.74, 6) is 0.669. The van der Waals surface area contributed by atoms with Gasteiger partial charge in [0.15, 0.2) is 0 Å². The molecule has 1 fully saturated rings. The lowest BCUT2D eigenvalue weighted by molar-refractivity contribution is 0.124. The highest BCUT2D eigenvalue weighted by Gasteiger charge is 2.20. The standard InChI is InChI=1S/C15H22FNO/c1-12(9-14-3-2-4-15(16)10-14)17-7-8-18-11-13-5-6-13/h2-4,10,12-13,17H,5-9,11H2,1H3. The van der Waals surface area contributed by atoms with Crippen molar-refractivity contribution in [3.63, 3.8) is 0 Å². The highest BCUT2D eigenvalue weighted by atomic mass is 19.1. The second kappa shape index (κ2) is 6.86. The van der Waals surface area contributed by atoms with Gasteiger partial charge in [0, 0.05) is 19.2 Å².